The molecule has 0 bridgehead atoms. The highest BCUT2D eigenvalue weighted by molar-refractivity contribution is 6.05. The van der Waals surface area contributed by atoms with E-state index >= 15 is 0 Å². The molecular formula is C8H12F2O3. The van der Waals surface area contributed by atoms with E-state index < -0.39 is 23.6 Å². The number of esters is 1. The van der Waals surface area contributed by atoms with Crippen molar-refractivity contribution in [3.05, 3.63) is 0 Å². The molecule has 5 heteroatoms. The maximum Gasteiger partial charge on any atom is 0.400 e. The van der Waals surface area contributed by atoms with Crippen molar-refractivity contribution >= 4 is 11.8 Å². The molecule has 0 amide bonds. The first-order chi connectivity index (χ1) is 5.84. The highest BCUT2D eigenvalue weighted by Gasteiger charge is 2.49. The Morgan fingerprint density at radius 3 is 2.15 bits per heavy atom. The lowest BCUT2D eigenvalue weighted by Crippen LogP contribution is -2.41. The van der Waals surface area contributed by atoms with Crippen molar-refractivity contribution in [1.29, 1.82) is 0 Å². The number of rotatable bonds is 4. The minimum absolute atomic E-state index is 0.167. The smallest absolute Gasteiger partial charge is 0.400 e. The van der Waals surface area contributed by atoms with Crippen LogP contribution in [0, 0.1) is 5.92 Å². The fraction of sp³-hybridized carbons (Fsp3) is 0.750. The summed E-state index contributed by atoms with van der Waals surface area (Å²) in [6.45, 7) is 3.83. The summed E-state index contributed by atoms with van der Waals surface area (Å²) in [7, 11) is 0. The summed E-state index contributed by atoms with van der Waals surface area (Å²) >= 11 is 0. The minimum atomic E-state index is -4.01. The molecule has 0 aromatic rings. The van der Waals surface area contributed by atoms with Crippen LogP contribution in [0.1, 0.15) is 20.8 Å². The maximum absolute atomic E-state index is 12.8. The Morgan fingerprint density at radius 1 is 1.38 bits per heavy atom. The topological polar surface area (TPSA) is 43.4 Å². The van der Waals surface area contributed by atoms with Gasteiger partial charge < -0.3 is 4.74 Å². The van der Waals surface area contributed by atoms with Crippen molar-refractivity contribution in [2.75, 3.05) is 6.61 Å². The van der Waals surface area contributed by atoms with Crippen molar-refractivity contribution in [1.82, 2.24) is 0 Å². The molecule has 0 saturated carbocycles. The fourth-order valence-corrected chi connectivity index (χ4v) is 0.685. The lowest BCUT2D eigenvalue weighted by molar-refractivity contribution is -0.177. The van der Waals surface area contributed by atoms with Gasteiger partial charge in [0.25, 0.3) is 0 Å². The summed E-state index contributed by atoms with van der Waals surface area (Å²) in [5, 5.41) is 0. The Morgan fingerprint density at radius 2 is 1.85 bits per heavy atom. The molecule has 0 aromatic heterocycles. The minimum Gasteiger partial charge on any atom is -0.461 e. The van der Waals surface area contributed by atoms with Crippen LogP contribution in [0.4, 0.5) is 8.78 Å². The number of Topliss-reactive ketones (excluding diaryl/α,β-unsaturated/α-hetero) is 1. The first-order valence-corrected chi connectivity index (χ1v) is 3.93. The third kappa shape index (κ3) is 2.75. The summed E-state index contributed by atoms with van der Waals surface area (Å²) in [6.07, 6.45) is 0. The number of carbonyl (C=O) groups is 2. The molecule has 0 heterocycles. The van der Waals surface area contributed by atoms with Crippen molar-refractivity contribution in [2.24, 2.45) is 5.92 Å². The van der Waals surface area contributed by atoms with E-state index in [-0.39, 0.29) is 6.61 Å². The molecule has 0 aliphatic heterocycles. The van der Waals surface area contributed by atoms with Crippen LogP contribution in [0.25, 0.3) is 0 Å². The molecule has 0 fully saturated rings. The van der Waals surface area contributed by atoms with Gasteiger partial charge in [-0.2, -0.15) is 8.78 Å². The summed E-state index contributed by atoms with van der Waals surface area (Å²) in [5.41, 5.74) is 0. The standard InChI is InChI=1S/C8H12F2O3/c1-4-13-7(12)8(9,10)6(11)5(2)3/h5H,4H2,1-3H3. The van der Waals surface area contributed by atoms with E-state index in [0.717, 1.165) is 0 Å². The lowest BCUT2D eigenvalue weighted by atomic mass is 10.0. The molecule has 0 saturated heterocycles. The second-order valence-corrected chi connectivity index (χ2v) is 2.81. The molecule has 0 aliphatic rings. The van der Waals surface area contributed by atoms with Gasteiger partial charge in [0.15, 0.2) is 0 Å². The number of ketones is 1. The molecule has 0 atom stereocenters. The van der Waals surface area contributed by atoms with E-state index in [1.54, 1.807) is 0 Å². The van der Waals surface area contributed by atoms with Crippen molar-refractivity contribution in [3.63, 3.8) is 0 Å². The number of halogens is 2. The number of carbonyl (C=O) groups excluding carboxylic acids is 2. The molecular weight excluding hydrogens is 182 g/mol. The zero-order valence-electron chi connectivity index (χ0n) is 7.77. The van der Waals surface area contributed by atoms with Crippen molar-refractivity contribution in [3.8, 4) is 0 Å². The number of ether oxygens (including phenoxy) is 1. The highest BCUT2D eigenvalue weighted by Crippen LogP contribution is 2.21. The van der Waals surface area contributed by atoms with Gasteiger partial charge in [0, 0.05) is 5.92 Å². The third-order valence-corrected chi connectivity index (χ3v) is 1.37. The van der Waals surface area contributed by atoms with Crippen LogP contribution in [0.2, 0.25) is 0 Å². The SMILES string of the molecule is CCOC(=O)C(F)(F)C(=O)C(C)C. The monoisotopic (exact) mass is 194 g/mol. The predicted molar refractivity (Wildman–Crippen MR) is 41.4 cm³/mol. The summed E-state index contributed by atoms with van der Waals surface area (Å²) in [6, 6.07) is 0. The molecule has 0 radical (unpaired) electrons. The maximum atomic E-state index is 12.8. The van der Waals surface area contributed by atoms with Crippen LogP contribution in [-0.4, -0.2) is 24.3 Å². The van der Waals surface area contributed by atoms with Gasteiger partial charge in [0.2, 0.25) is 5.78 Å². The van der Waals surface area contributed by atoms with Gasteiger partial charge in [-0.15, -0.1) is 0 Å². The molecule has 76 valence electrons. The third-order valence-electron chi connectivity index (χ3n) is 1.37. The predicted octanol–water partition coefficient (Wildman–Crippen LogP) is 1.41. The number of hydrogen-bond donors (Lipinski definition) is 0. The Balaban J connectivity index is 4.55. The van der Waals surface area contributed by atoms with Gasteiger partial charge >= 0.3 is 11.9 Å². The molecule has 0 unspecified atom stereocenters. The molecule has 0 rings (SSSR count). The van der Waals surface area contributed by atoms with E-state index in [0.29, 0.717) is 0 Å². The van der Waals surface area contributed by atoms with Crippen LogP contribution in [0.15, 0.2) is 0 Å². The van der Waals surface area contributed by atoms with Crippen LogP contribution >= 0.6 is 0 Å². The van der Waals surface area contributed by atoms with Crippen LogP contribution in [0.3, 0.4) is 0 Å². The summed E-state index contributed by atoms with van der Waals surface area (Å²) in [5.74, 6) is -8.08. The van der Waals surface area contributed by atoms with Crippen molar-refractivity contribution < 1.29 is 23.1 Å². The zero-order valence-corrected chi connectivity index (χ0v) is 7.77. The number of alkyl halides is 2. The average Bonchev–Trinajstić information content (AvgIpc) is 2.03. The van der Waals surface area contributed by atoms with E-state index in [2.05, 4.69) is 4.74 Å². The molecule has 13 heavy (non-hydrogen) atoms. The Labute approximate surface area is 75.1 Å². The Bertz CT molecular complexity index is 211. The van der Waals surface area contributed by atoms with Gasteiger partial charge in [-0.05, 0) is 6.92 Å². The second kappa shape index (κ2) is 4.30. The van der Waals surface area contributed by atoms with Gasteiger partial charge in [-0.1, -0.05) is 13.8 Å². The normalized spacial score (nSPS) is 11.5. The van der Waals surface area contributed by atoms with Crippen LogP contribution < -0.4 is 0 Å². The van der Waals surface area contributed by atoms with E-state index in [1.165, 1.54) is 20.8 Å². The van der Waals surface area contributed by atoms with Crippen LogP contribution in [-0.2, 0) is 14.3 Å². The first-order valence-electron chi connectivity index (χ1n) is 3.93. The molecule has 3 nitrogen and oxygen atoms in total. The largest absolute Gasteiger partial charge is 0.461 e. The Kier molecular flexibility index (Phi) is 3.97. The van der Waals surface area contributed by atoms with E-state index in [4.69, 9.17) is 0 Å². The second-order valence-electron chi connectivity index (χ2n) is 2.81. The fourth-order valence-electron chi connectivity index (χ4n) is 0.685. The van der Waals surface area contributed by atoms with Crippen LogP contribution in [0.5, 0.6) is 0 Å². The first kappa shape index (κ1) is 12.0. The quantitative estimate of drug-likeness (QED) is 0.502. The number of hydrogen-bond acceptors (Lipinski definition) is 3. The van der Waals surface area contributed by atoms with Crippen molar-refractivity contribution in [2.45, 2.75) is 26.7 Å². The van der Waals surface area contributed by atoms with E-state index in [9.17, 15) is 18.4 Å². The molecule has 0 aliphatic carbocycles. The van der Waals surface area contributed by atoms with Gasteiger partial charge in [-0.25, -0.2) is 4.79 Å². The van der Waals surface area contributed by atoms with E-state index in [1.807, 2.05) is 0 Å². The van der Waals surface area contributed by atoms with Gasteiger partial charge in [0.05, 0.1) is 6.61 Å². The highest BCUT2D eigenvalue weighted by atomic mass is 19.3. The van der Waals surface area contributed by atoms with Gasteiger partial charge in [-0.3, -0.25) is 4.79 Å². The average molecular weight is 194 g/mol. The lowest BCUT2D eigenvalue weighted by Gasteiger charge is -2.14. The summed E-state index contributed by atoms with van der Waals surface area (Å²) in [4.78, 5) is 21.4. The molecule has 0 aromatic carbocycles. The molecule has 0 spiro atoms. The zero-order chi connectivity index (χ0) is 10.6. The molecule has 0 N–H and O–H groups in total. The van der Waals surface area contributed by atoms with Gasteiger partial charge in [0.1, 0.15) is 0 Å². The summed E-state index contributed by atoms with van der Waals surface area (Å²) < 4.78 is 29.7. The Hall–Kier alpha value is -1.00.